The third kappa shape index (κ3) is 5.57. The molecule has 1 heterocycles. The molecule has 0 bridgehead atoms. The van der Waals surface area contributed by atoms with Crippen LogP contribution in [-0.2, 0) is 0 Å². The van der Waals surface area contributed by atoms with Gasteiger partial charge in [0.2, 0.25) is 0 Å². The van der Waals surface area contributed by atoms with Crippen LogP contribution in [0.4, 0.5) is 0 Å². The van der Waals surface area contributed by atoms with E-state index in [1.54, 1.807) is 0 Å². The van der Waals surface area contributed by atoms with Gasteiger partial charge < -0.3 is 10.6 Å². The average Bonchev–Trinajstić information content (AvgIpc) is 2.27. The lowest BCUT2D eigenvalue weighted by Gasteiger charge is -2.31. The number of piperidine rings is 1. The SMILES string of the molecule is CC1CCN(C(N)=NCC(C)(C)C#N)CC1.I. The van der Waals surface area contributed by atoms with Crippen molar-refractivity contribution < 1.29 is 0 Å². The standard InChI is InChI=1S/C12H22N4.HI/c1-10-4-6-16(7-5-10)11(14)15-9-12(2,3)8-13;/h10H,4-7,9H2,1-3H3,(H2,14,15);1H. The Morgan fingerprint density at radius 3 is 2.47 bits per heavy atom. The van der Waals surface area contributed by atoms with E-state index in [9.17, 15) is 0 Å². The molecule has 0 spiro atoms. The molecule has 0 aromatic carbocycles. The number of hydrogen-bond donors (Lipinski definition) is 1. The molecule has 5 heteroatoms. The Morgan fingerprint density at radius 1 is 1.47 bits per heavy atom. The molecule has 1 aliphatic heterocycles. The molecule has 0 aromatic heterocycles. The van der Waals surface area contributed by atoms with Crippen molar-refractivity contribution in [3.05, 3.63) is 0 Å². The van der Waals surface area contributed by atoms with Gasteiger partial charge in [-0.25, -0.2) is 0 Å². The summed E-state index contributed by atoms with van der Waals surface area (Å²) in [5.41, 5.74) is 5.50. The molecular weight excluding hydrogens is 327 g/mol. The predicted octanol–water partition coefficient (Wildman–Crippen LogP) is 2.20. The van der Waals surface area contributed by atoms with E-state index in [-0.39, 0.29) is 24.0 Å². The topological polar surface area (TPSA) is 65.4 Å². The summed E-state index contributed by atoms with van der Waals surface area (Å²) >= 11 is 0. The fraction of sp³-hybridized carbons (Fsp3) is 0.833. The number of aliphatic imine (C=N–C) groups is 1. The summed E-state index contributed by atoms with van der Waals surface area (Å²) in [6, 6.07) is 2.23. The molecule has 4 nitrogen and oxygen atoms in total. The van der Waals surface area contributed by atoms with Crippen LogP contribution in [0.25, 0.3) is 0 Å². The van der Waals surface area contributed by atoms with Gasteiger partial charge in [0.05, 0.1) is 18.0 Å². The lowest BCUT2D eigenvalue weighted by molar-refractivity contribution is 0.277. The van der Waals surface area contributed by atoms with E-state index in [0.717, 1.165) is 19.0 Å². The van der Waals surface area contributed by atoms with Crippen LogP contribution in [0.3, 0.4) is 0 Å². The Labute approximate surface area is 121 Å². The molecule has 0 amide bonds. The highest BCUT2D eigenvalue weighted by atomic mass is 127. The quantitative estimate of drug-likeness (QED) is 0.472. The van der Waals surface area contributed by atoms with Crippen LogP contribution in [0.5, 0.6) is 0 Å². The van der Waals surface area contributed by atoms with Gasteiger partial charge in [0, 0.05) is 13.1 Å². The van der Waals surface area contributed by atoms with Crippen LogP contribution in [0.1, 0.15) is 33.6 Å². The van der Waals surface area contributed by atoms with Gasteiger partial charge in [-0.15, -0.1) is 24.0 Å². The molecule has 1 rings (SSSR count). The summed E-state index contributed by atoms with van der Waals surface area (Å²) in [6.45, 7) is 8.47. The zero-order chi connectivity index (χ0) is 12.2. The molecule has 1 fully saturated rings. The summed E-state index contributed by atoms with van der Waals surface area (Å²) in [4.78, 5) is 6.43. The minimum absolute atomic E-state index is 0. The number of rotatable bonds is 2. The molecule has 0 unspecified atom stereocenters. The summed E-state index contributed by atoms with van der Waals surface area (Å²) < 4.78 is 0. The summed E-state index contributed by atoms with van der Waals surface area (Å²) in [6.07, 6.45) is 2.36. The zero-order valence-electron chi connectivity index (χ0n) is 10.9. The summed E-state index contributed by atoms with van der Waals surface area (Å²) in [7, 11) is 0. The average molecular weight is 350 g/mol. The minimum atomic E-state index is -0.423. The van der Waals surface area contributed by atoms with Gasteiger partial charge in [0.15, 0.2) is 5.96 Å². The Balaban J connectivity index is 0.00000256. The van der Waals surface area contributed by atoms with Crippen molar-refractivity contribution >= 4 is 29.9 Å². The van der Waals surface area contributed by atoms with Crippen LogP contribution >= 0.6 is 24.0 Å². The van der Waals surface area contributed by atoms with Crippen molar-refractivity contribution in [2.24, 2.45) is 22.1 Å². The predicted molar refractivity (Wildman–Crippen MR) is 81.3 cm³/mol. The van der Waals surface area contributed by atoms with Crippen molar-refractivity contribution in [3.63, 3.8) is 0 Å². The third-order valence-electron chi connectivity index (χ3n) is 3.05. The minimum Gasteiger partial charge on any atom is -0.370 e. The van der Waals surface area contributed by atoms with Crippen molar-refractivity contribution in [1.29, 1.82) is 5.26 Å². The van der Waals surface area contributed by atoms with Gasteiger partial charge in [-0.3, -0.25) is 4.99 Å². The highest BCUT2D eigenvalue weighted by Crippen LogP contribution is 2.16. The molecular formula is C12H23IN4. The van der Waals surface area contributed by atoms with Gasteiger partial charge in [-0.2, -0.15) is 5.26 Å². The Hall–Kier alpha value is -0.510. The first-order chi connectivity index (χ1) is 7.44. The summed E-state index contributed by atoms with van der Waals surface area (Å²) in [5.74, 6) is 1.38. The first kappa shape index (κ1) is 16.5. The highest BCUT2D eigenvalue weighted by molar-refractivity contribution is 14.0. The normalized spacial score (nSPS) is 18.5. The van der Waals surface area contributed by atoms with Crippen LogP contribution in [-0.4, -0.2) is 30.5 Å². The second-order valence-electron chi connectivity index (χ2n) is 5.34. The van der Waals surface area contributed by atoms with Crippen LogP contribution in [0, 0.1) is 22.7 Å². The van der Waals surface area contributed by atoms with E-state index < -0.39 is 5.41 Å². The molecule has 1 aliphatic rings. The Bertz CT molecular complexity index is 298. The van der Waals surface area contributed by atoms with Gasteiger partial charge in [-0.05, 0) is 32.6 Å². The van der Waals surface area contributed by atoms with Crippen molar-refractivity contribution in [2.75, 3.05) is 19.6 Å². The highest BCUT2D eigenvalue weighted by Gasteiger charge is 2.19. The smallest absolute Gasteiger partial charge is 0.191 e. The zero-order valence-corrected chi connectivity index (χ0v) is 13.3. The molecule has 1 saturated heterocycles. The van der Waals surface area contributed by atoms with Gasteiger partial charge in [-0.1, -0.05) is 6.92 Å². The van der Waals surface area contributed by atoms with Crippen LogP contribution in [0.15, 0.2) is 4.99 Å². The van der Waals surface area contributed by atoms with E-state index in [1.165, 1.54) is 12.8 Å². The van der Waals surface area contributed by atoms with E-state index in [1.807, 2.05) is 13.8 Å². The van der Waals surface area contributed by atoms with Gasteiger partial charge in [0.25, 0.3) is 0 Å². The number of hydrogen-bond acceptors (Lipinski definition) is 2. The molecule has 0 atom stereocenters. The first-order valence-corrected chi connectivity index (χ1v) is 5.91. The van der Waals surface area contributed by atoms with E-state index >= 15 is 0 Å². The molecule has 0 aliphatic carbocycles. The largest absolute Gasteiger partial charge is 0.370 e. The van der Waals surface area contributed by atoms with Gasteiger partial charge in [0.1, 0.15) is 0 Å². The Morgan fingerprint density at radius 2 is 2.00 bits per heavy atom. The molecule has 0 radical (unpaired) electrons. The third-order valence-corrected chi connectivity index (χ3v) is 3.05. The maximum absolute atomic E-state index is 8.88. The second kappa shape index (κ2) is 7.04. The second-order valence-corrected chi connectivity index (χ2v) is 5.34. The summed E-state index contributed by atoms with van der Waals surface area (Å²) in [5, 5.41) is 8.88. The molecule has 17 heavy (non-hydrogen) atoms. The number of halogens is 1. The van der Waals surface area contributed by atoms with Crippen LogP contribution in [0.2, 0.25) is 0 Å². The molecule has 98 valence electrons. The number of nitrogens with zero attached hydrogens (tertiary/aromatic N) is 3. The number of nitriles is 1. The molecule has 0 aromatic rings. The number of likely N-dealkylation sites (tertiary alicyclic amines) is 1. The van der Waals surface area contributed by atoms with Gasteiger partial charge >= 0.3 is 0 Å². The fourth-order valence-corrected chi connectivity index (χ4v) is 1.65. The van der Waals surface area contributed by atoms with Crippen molar-refractivity contribution in [1.82, 2.24) is 4.90 Å². The monoisotopic (exact) mass is 350 g/mol. The molecule has 2 N–H and O–H groups in total. The van der Waals surface area contributed by atoms with Crippen molar-refractivity contribution in [2.45, 2.75) is 33.6 Å². The van der Waals surface area contributed by atoms with E-state index in [2.05, 4.69) is 22.9 Å². The lowest BCUT2D eigenvalue weighted by atomic mass is 9.96. The number of nitrogens with two attached hydrogens (primary N) is 1. The Kier molecular flexibility index (Phi) is 6.83. The maximum atomic E-state index is 8.88. The van der Waals surface area contributed by atoms with E-state index in [0.29, 0.717) is 12.5 Å². The van der Waals surface area contributed by atoms with E-state index in [4.69, 9.17) is 11.0 Å². The maximum Gasteiger partial charge on any atom is 0.191 e. The fourth-order valence-electron chi connectivity index (χ4n) is 1.65. The van der Waals surface area contributed by atoms with Crippen LogP contribution < -0.4 is 5.73 Å². The molecule has 0 saturated carbocycles. The van der Waals surface area contributed by atoms with Crippen molar-refractivity contribution in [3.8, 4) is 6.07 Å². The number of guanidine groups is 1. The first-order valence-electron chi connectivity index (χ1n) is 5.91. The lowest BCUT2D eigenvalue weighted by Crippen LogP contribution is -2.43.